The van der Waals surface area contributed by atoms with Crippen molar-refractivity contribution in [3.63, 3.8) is 0 Å². The molecule has 1 aromatic rings. The topological polar surface area (TPSA) is 87.9 Å². The predicted molar refractivity (Wildman–Crippen MR) is 91.2 cm³/mol. The fraction of sp³-hybridized carbons (Fsp3) is 0.833. The number of nitrogens with zero attached hydrogens (tertiary/aromatic N) is 3. The number of hydrogen-bond donors (Lipinski definition) is 2. The molecule has 1 aromatic heterocycles. The number of rotatable bonds is 2. The average Bonchev–Trinajstić information content (AvgIpc) is 3.01. The SMILES string of the molecule is Cc1nc(C2CCCN(C(=O)C3CC4CCCC(C3)C4N)C2)n[nH]1. The maximum atomic E-state index is 13.1. The molecule has 24 heavy (non-hydrogen) atoms. The highest BCUT2D eigenvalue weighted by atomic mass is 16.2. The smallest absolute Gasteiger partial charge is 0.225 e. The van der Waals surface area contributed by atoms with Gasteiger partial charge < -0.3 is 10.6 Å². The Morgan fingerprint density at radius 1 is 1.21 bits per heavy atom. The van der Waals surface area contributed by atoms with Crippen LogP contribution in [0.1, 0.15) is 62.5 Å². The van der Waals surface area contributed by atoms with E-state index in [1.165, 1.54) is 19.3 Å². The third-order valence-corrected chi connectivity index (χ3v) is 6.47. The largest absolute Gasteiger partial charge is 0.342 e. The number of nitrogens with one attached hydrogen (secondary N) is 1. The summed E-state index contributed by atoms with van der Waals surface area (Å²) in [6, 6.07) is 0.327. The van der Waals surface area contributed by atoms with Crippen LogP contribution >= 0.6 is 0 Å². The van der Waals surface area contributed by atoms with Gasteiger partial charge in [0.1, 0.15) is 5.82 Å². The van der Waals surface area contributed by atoms with Gasteiger partial charge in [-0.05, 0) is 57.3 Å². The van der Waals surface area contributed by atoms with Gasteiger partial charge in [0.05, 0.1) is 0 Å². The molecule has 3 atom stereocenters. The third-order valence-electron chi connectivity index (χ3n) is 6.47. The van der Waals surface area contributed by atoms with Gasteiger partial charge in [-0.15, -0.1) is 0 Å². The minimum atomic E-state index is 0.188. The van der Waals surface area contributed by atoms with Gasteiger partial charge in [0.15, 0.2) is 5.82 Å². The number of amides is 1. The summed E-state index contributed by atoms with van der Waals surface area (Å²) in [5.41, 5.74) is 6.38. The number of carbonyl (C=O) groups excluding carboxylic acids is 1. The van der Waals surface area contributed by atoms with Crippen molar-refractivity contribution in [2.45, 2.75) is 63.8 Å². The molecule has 4 rings (SSSR count). The first-order valence-corrected chi connectivity index (χ1v) is 9.55. The highest BCUT2D eigenvalue weighted by molar-refractivity contribution is 5.79. The summed E-state index contributed by atoms with van der Waals surface area (Å²) in [5.74, 6) is 3.65. The molecule has 3 unspecified atom stereocenters. The second kappa shape index (κ2) is 6.47. The van der Waals surface area contributed by atoms with Gasteiger partial charge in [-0.25, -0.2) is 4.98 Å². The number of hydrogen-bond acceptors (Lipinski definition) is 4. The van der Waals surface area contributed by atoms with E-state index in [1.54, 1.807) is 0 Å². The molecule has 2 bridgehead atoms. The van der Waals surface area contributed by atoms with Gasteiger partial charge in [-0.1, -0.05) is 6.42 Å². The Bertz CT molecular complexity index is 586. The molecular formula is C18H29N5O. The fourth-order valence-electron chi connectivity index (χ4n) is 5.18. The van der Waals surface area contributed by atoms with E-state index in [9.17, 15) is 4.79 Å². The summed E-state index contributed by atoms with van der Waals surface area (Å²) in [6.45, 7) is 3.58. The number of aryl methyl sites for hydroxylation is 1. The number of likely N-dealkylation sites (tertiary alicyclic amines) is 1. The monoisotopic (exact) mass is 331 g/mol. The maximum Gasteiger partial charge on any atom is 0.225 e. The van der Waals surface area contributed by atoms with E-state index >= 15 is 0 Å². The van der Waals surface area contributed by atoms with Crippen LogP contribution in [0.5, 0.6) is 0 Å². The van der Waals surface area contributed by atoms with Crippen LogP contribution in [0, 0.1) is 24.7 Å². The van der Waals surface area contributed by atoms with Crippen LogP contribution < -0.4 is 5.73 Å². The molecular weight excluding hydrogens is 302 g/mol. The van der Waals surface area contributed by atoms with Crippen molar-refractivity contribution < 1.29 is 4.79 Å². The van der Waals surface area contributed by atoms with Crippen molar-refractivity contribution in [3.8, 4) is 0 Å². The lowest BCUT2D eigenvalue weighted by Crippen LogP contribution is -2.51. The van der Waals surface area contributed by atoms with Crippen LogP contribution in [0.4, 0.5) is 0 Å². The number of piperidine rings is 1. The molecule has 6 heteroatoms. The molecule has 0 radical (unpaired) electrons. The normalized spacial score (nSPS) is 36.6. The lowest BCUT2D eigenvalue weighted by Gasteiger charge is -2.45. The average molecular weight is 331 g/mol. The van der Waals surface area contributed by atoms with E-state index in [0.717, 1.165) is 50.4 Å². The molecule has 6 nitrogen and oxygen atoms in total. The second-order valence-electron chi connectivity index (χ2n) is 8.10. The third kappa shape index (κ3) is 2.96. The molecule has 1 aliphatic heterocycles. The summed E-state index contributed by atoms with van der Waals surface area (Å²) in [6.07, 6.45) is 7.82. The minimum Gasteiger partial charge on any atom is -0.342 e. The Balaban J connectivity index is 1.42. The molecule has 3 N–H and O–H groups in total. The first kappa shape index (κ1) is 16.1. The Hall–Kier alpha value is -1.43. The highest BCUT2D eigenvalue weighted by Gasteiger charge is 2.42. The molecule has 0 spiro atoms. The summed E-state index contributed by atoms with van der Waals surface area (Å²) < 4.78 is 0. The maximum absolute atomic E-state index is 13.1. The van der Waals surface area contributed by atoms with Crippen LogP contribution in [0.25, 0.3) is 0 Å². The number of fused-ring (bicyclic) bond motifs is 2. The number of aromatic nitrogens is 3. The summed E-state index contributed by atoms with van der Waals surface area (Å²) in [4.78, 5) is 19.7. The Labute approximate surface area is 143 Å². The second-order valence-corrected chi connectivity index (χ2v) is 8.10. The van der Waals surface area contributed by atoms with Crippen molar-refractivity contribution in [3.05, 3.63) is 11.6 Å². The van der Waals surface area contributed by atoms with Crippen molar-refractivity contribution >= 4 is 5.91 Å². The zero-order valence-corrected chi connectivity index (χ0v) is 14.6. The lowest BCUT2D eigenvalue weighted by molar-refractivity contribution is -0.139. The zero-order chi connectivity index (χ0) is 16.7. The number of H-pyrrole nitrogens is 1. The standard InChI is InChI=1S/C18H29N5O/c1-11-20-17(22-21-11)14-6-3-7-23(10-14)18(24)15-8-12-4-2-5-13(9-15)16(12)19/h12-16H,2-10,19H2,1H3,(H,20,21,22). The van der Waals surface area contributed by atoms with Gasteiger partial charge in [0.25, 0.3) is 0 Å². The van der Waals surface area contributed by atoms with E-state index in [-0.39, 0.29) is 11.8 Å². The van der Waals surface area contributed by atoms with E-state index in [2.05, 4.69) is 20.1 Å². The van der Waals surface area contributed by atoms with Gasteiger partial charge in [0, 0.05) is 31.0 Å². The van der Waals surface area contributed by atoms with Gasteiger partial charge >= 0.3 is 0 Å². The minimum absolute atomic E-state index is 0.188. The molecule has 0 aromatic carbocycles. The van der Waals surface area contributed by atoms with Gasteiger partial charge in [-0.2, -0.15) is 5.10 Å². The Morgan fingerprint density at radius 2 is 1.96 bits per heavy atom. The lowest BCUT2D eigenvalue weighted by atomic mass is 9.65. The Kier molecular flexibility index (Phi) is 4.33. The van der Waals surface area contributed by atoms with Crippen LogP contribution in [0.2, 0.25) is 0 Å². The summed E-state index contributed by atoms with van der Waals surface area (Å²) >= 11 is 0. The molecule has 2 saturated carbocycles. The predicted octanol–water partition coefficient (Wildman–Crippen LogP) is 1.97. The van der Waals surface area contributed by atoms with Crippen molar-refractivity contribution in [1.82, 2.24) is 20.1 Å². The van der Waals surface area contributed by atoms with Crippen molar-refractivity contribution in [1.29, 1.82) is 0 Å². The van der Waals surface area contributed by atoms with E-state index in [0.29, 0.717) is 23.8 Å². The van der Waals surface area contributed by atoms with Crippen LogP contribution in [0.15, 0.2) is 0 Å². The number of aromatic amines is 1. The highest BCUT2D eigenvalue weighted by Crippen LogP contribution is 2.42. The number of nitrogens with two attached hydrogens (primary N) is 1. The molecule has 132 valence electrons. The van der Waals surface area contributed by atoms with E-state index in [4.69, 9.17) is 5.73 Å². The molecule has 2 aliphatic carbocycles. The molecule has 2 heterocycles. The van der Waals surface area contributed by atoms with Crippen LogP contribution in [-0.4, -0.2) is 45.1 Å². The van der Waals surface area contributed by atoms with Crippen LogP contribution in [-0.2, 0) is 4.79 Å². The molecule has 3 fully saturated rings. The first-order chi connectivity index (χ1) is 11.6. The molecule has 1 saturated heterocycles. The van der Waals surface area contributed by atoms with Crippen LogP contribution in [0.3, 0.4) is 0 Å². The van der Waals surface area contributed by atoms with Gasteiger partial charge in [0.2, 0.25) is 5.91 Å². The quantitative estimate of drug-likeness (QED) is 0.867. The fourth-order valence-corrected chi connectivity index (χ4v) is 5.18. The summed E-state index contributed by atoms with van der Waals surface area (Å²) in [7, 11) is 0. The van der Waals surface area contributed by atoms with E-state index in [1.807, 2.05) is 6.92 Å². The first-order valence-electron chi connectivity index (χ1n) is 9.55. The zero-order valence-electron chi connectivity index (χ0n) is 14.6. The molecule has 3 aliphatic rings. The van der Waals surface area contributed by atoms with Crippen molar-refractivity contribution in [2.24, 2.45) is 23.5 Å². The Morgan fingerprint density at radius 3 is 2.62 bits per heavy atom. The van der Waals surface area contributed by atoms with Crippen molar-refractivity contribution in [2.75, 3.05) is 13.1 Å². The number of carbonyl (C=O) groups is 1. The van der Waals surface area contributed by atoms with Gasteiger partial charge in [-0.3, -0.25) is 9.89 Å². The van der Waals surface area contributed by atoms with E-state index < -0.39 is 0 Å². The molecule has 1 amide bonds. The summed E-state index contributed by atoms with van der Waals surface area (Å²) in [5, 5.41) is 7.24.